The SMILES string of the molecule is O=C(Oc1ccc(-c2cc(=O)c3cncnc3o2)c(O)c1)c1cccnc1. The summed E-state index contributed by atoms with van der Waals surface area (Å²) in [5.74, 6) is -0.559. The molecular formula is C19H11N3O5. The van der Waals surface area contributed by atoms with E-state index in [4.69, 9.17) is 9.15 Å². The number of phenolic OH excluding ortho intramolecular Hbond substituents is 1. The van der Waals surface area contributed by atoms with Crippen molar-refractivity contribution in [2.75, 3.05) is 0 Å². The van der Waals surface area contributed by atoms with E-state index in [1.165, 1.54) is 43.0 Å². The Morgan fingerprint density at radius 1 is 1.11 bits per heavy atom. The van der Waals surface area contributed by atoms with Gasteiger partial charge in [-0.25, -0.2) is 14.8 Å². The number of aromatic hydroxyl groups is 1. The molecule has 0 fully saturated rings. The number of rotatable bonds is 3. The lowest BCUT2D eigenvalue weighted by atomic mass is 10.1. The standard InChI is InChI=1S/C19H11N3O5/c23-15-6-12(26-19(25)11-2-1-5-20-8-11)3-4-13(15)17-7-16(24)14-9-21-10-22-18(14)27-17/h1-10,23H. The zero-order valence-electron chi connectivity index (χ0n) is 13.7. The first-order valence-electron chi connectivity index (χ1n) is 7.81. The number of hydrogen-bond acceptors (Lipinski definition) is 8. The fourth-order valence-electron chi connectivity index (χ4n) is 2.46. The van der Waals surface area contributed by atoms with Crippen LogP contribution in [0.15, 0.2) is 70.5 Å². The molecule has 4 rings (SSSR count). The molecule has 0 saturated heterocycles. The number of aromatic nitrogens is 3. The smallest absolute Gasteiger partial charge is 0.345 e. The van der Waals surface area contributed by atoms with Gasteiger partial charge in [-0.2, -0.15) is 0 Å². The molecule has 0 radical (unpaired) electrons. The molecule has 0 bridgehead atoms. The van der Waals surface area contributed by atoms with E-state index in [1.54, 1.807) is 18.3 Å². The molecule has 1 N–H and O–H groups in total. The van der Waals surface area contributed by atoms with Gasteiger partial charge in [-0.05, 0) is 24.3 Å². The summed E-state index contributed by atoms with van der Waals surface area (Å²) in [6, 6.07) is 8.63. The number of ether oxygens (including phenoxy) is 1. The van der Waals surface area contributed by atoms with Gasteiger partial charge in [0.15, 0.2) is 5.43 Å². The molecule has 4 aromatic rings. The van der Waals surface area contributed by atoms with Crippen molar-refractivity contribution in [1.82, 2.24) is 15.0 Å². The van der Waals surface area contributed by atoms with E-state index in [9.17, 15) is 14.7 Å². The average molecular weight is 361 g/mol. The first-order chi connectivity index (χ1) is 13.1. The number of nitrogens with zero attached hydrogens (tertiary/aromatic N) is 3. The van der Waals surface area contributed by atoms with Crippen LogP contribution in [0.3, 0.4) is 0 Å². The predicted molar refractivity (Wildman–Crippen MR) is 94.4 cm³/mol. The summed E-state index contributed by atoms with van der Waals surface area (Å²) in [5.41, 5.74) is 0.312. The van der Waals surface area contributed by atoms with Crippen LogP contribution in [0.25, 0.3) is 22.4 Å². The zero-order valence-corrected chi connectivity index (χ0v) is 13.7. The molecule has 3 heterocycles. The lowest BCUT2D eigenvalue weighted by molar-refractivity contribution is 0.0734. The number of phenols is 1. The van der Waals surface area contributed by atoms with Crippen LogP contribution in [0, 0.1) is 0 Å². The monoisotopic (exact) mass is 361 g/mol. The van der Waals surface area contributed by atoms with Crippen molar-refractivity contribution in [2.45, 2.75) is 0 Å². The summed E-state index contributed by atoms with van der Waals surface area (Å²) in [6.07, 6.45) is 5.54. The van der Waals surface area contributed by atoms with E-state index in [0.717, 1.165) is 0 Å². The van der Waals surface area contributed by atoms with Crippen molar-refractivity contribution < 1.29 is 19.1 Å². The molecule has 0 atom stereocenters. The highest BCUT2D eigenvalue weighted by Gasteiger charge is 2.14. The highest BCUT2D eigenvalue weighted by atomic mass is 16.5. The minimum atomic E-state index is -0.607. The largest absolute Gasteiger partial charge is 0.507 e. The van der Waals surface area contributed by atoms with Gasteiger partial charge in [0, 0.05) is 30.7 Å². The molecule has 8 heteroatoms. The van der Waals surface area contributed by atoms with E-state index in [0.29, 0.717) is 0 Å². The summed E-state index contributed by atoms with van der Waals surface area (Å²) in [6.45, 7) is 0. The Kier molecular flexibility index (Phi) is 4.06. The van der Waals surface area contributed by atoms with Crippen LogP contribution in [0.2, 0.25) is 0 Å². The number of carbonyl (C=O) groups is 1. The second-order valence-corrected chi connectivity index (χ2v) is 5.53. The predicted octanol–water partition coefficient (Wildman–Crippen LogP) is 2.57. The summed E-state index contributed by atoms with van der Waals surface area (Å²) in [7, 11) is 0. The molecule has 0 aliphatic rings. The molecule has 0 amide bonds. The van der Waals surface area contributed by atoms with E-state index in [1.807, 2.05) is 0 Å². The van der Waals surface area contributed by atoms with Gasteiger partial charge < -0.3 is 14.3 Å². The quantitative estimate of drug-likeness (QED) is 0.437. The lowest BCUT2D eigenvalue weighted by Crippen LogP contribution is -2.08. The molecule has 132 valence electrons. The third-order valence-corrected chi connectivity index (χ3v) is 3.75. The number of fused-ring (bicyclic) bond motifs is 1. The van der Waals surface area contributed by atoms with Crippen LogP contribution in [0.1, 0.15) is 10.4 Å². The molecule has 0 unspecified atom stereocenters. The van der Waals surface area contributed by atoms with Gasteiger partial charge in [0.2, 0.25) is 5.71 Å². The number of pyridine rings is 1. The third kappa shape index (κ3) is 3.23. The van der Waals surface area contributed by atoms with Crippen LogP contribution < -0.4 is 10.2 Å². The molecular weight excluding hydrogens is 350 g/mol. The van der Waals surface area contributed by atoms with Crippen molar-refractivity contribution in [3.63, 3.8) is 0 Å². The van der Waals surface area contributed by atoms with Crippen LogP contribution in [-0.2, 0) is 0 Å². The maximum absolute atomic E-state index is 12.2. The Bertz CT molecular complexity index is 1200. The molecule has 3 aromatic heterocycles. The van der Waals surface area contributed by atoms with Crippen LogP contribution in [-0.4, -0.2) is 26.0 Å². The third-order valence-electron chi connectivity index (χ3n) is 3.75. The van der Waals surface area contributed by atoms with Gasteiger partial charge in [0.25, 0.3) is 0 Å². The van der Waals surface area contributed by atoms with Crippen molar-refractivity contribution in [3.05, 3.63) is 77.1 Å². The van der Waals surface area contributed by atoms with Crippen LogP contribution in [0.5, 0.6) is 11.5 Å². The van der Waals surface area contributed by atoms with Crippen molar-refractivity contribution in [1.29, 1.82) is 0 Å². The molecule has 0 saturated carbocycles. The Balaban J connectivity index is 1.66. The fourth-order valence-corrected chi connectivity index (χ4v) is 2.46. The van der Waals surface area contributed by atoms with Gasteiger partial charge in [0.05, 0.1) is 11.1 Å². The minimum Gasteiger partial charge on any atom is -0.507 e. The zero-order chi connectivity index (χ0) is 18.8. The van der Waals surface area contributed by atoms with Gasteiger partial charge in [0.1, 0.15) is 29.0 Å². The fraction of sp³-hybridized carbons (Fsp3) is 0. The van der Waals surface area contributed by atoms with Crippen molar-refractivity contribution in [3.8, 4) is 22.8 Å². The molecule has 0 aliphatic heterocycles. The summed E-state index contributed by atoms with van der Waals surface area (Å²) >= 11 is 0. The molecule has 0 spiro atoms. The Morgan fingerprint density at radius 3 is 2.78 bits per heavy atom. The molecule has 1 aromatic carbocycles. The van der Waals surface area contributed by atoms with Gasteiger partial charge in [-0.3, -0.25) is 9.78 Å². The molecule has 0 aliphatic carbocycles. The Morgan fingerprint density at radius 2 is 2.00 bits per heavy atom. The molecule has 27 heavy (non-hydrogen) atoms. The molecule has 8 nitrogen and oxygen atoms in total. The number of hydrogen-bond donors (Lipinski definition) is 1. The Labute approximate surface area is 151 Å². The van der Waals surface area contributed by atoms with Gasteiger partial charge in [-0.1, -0.05) is 0 Å². The minimum absolute atomic E-state index is 0.110. The van der Waals surface area contributed by atoms with E-state index in [-0.39, 0.29) is 44.9 Å². The van der Waals surface area contributed by atoms with Crippen molar-refractivity contribution in [2.24, 2.45) is 0 Å². The second-order valence-electron chi connectivity index (χ2n) is 5.53. The van der Waals surface area contributed by atoms with Crippen LogP contribution >= 0.6 is 0 Å². The number of benzene rings is 1. The summed E-state index contributed by atoms with van der Waals surface area (Å²) in [5, 5.41) is 10.5. The van der Waals surface area contributed by atoms with E-state index < -0.39 is 5.97 Å². The topological polar surface area (TPSA) is 115 Å². The highest BCUT2D eigenvalue weighted by molar-refractivity contribution is 5.90. The normalized spacial score (nSPS) is 10.7. The average Bonchev–Trinajstić information content (AvgIpc) is 2.69. The van der Waals surface area contributed by atoms with E-state index in [2.05, 4.69) is 15.0 Å². The number of esters is 1. The first-order valence-corrected chi connectivity index (χ1v) is 7.81. The Hall–Kier alpha value is -4.07. The van der Waals surface area contributed by atoms with E-state index >= 15 is 0 Å². The van der Waals surface area contributed by atoms with Crippen molar-refractivity contribution >= 4 is 17.1 Å². The lowest BCUT2D eigenvalue weighted by Gasteiger charge is -2.08. The van der Waals surface area contributed by atoms with Crippen LogP contribution in [0.4, 0.5) is 0 Å². The number of carbonyl (C=O) groups excluding carboxylic acids is 1. The highest BCUT2D eigenvalue weighted by Crippen LogP contribution is 2.33. The maximum atomic E-state index is 12.2. The summed E-state index contributed by atoms with van der Waals surface area (Å²) < 4.78 is 10.8. The maximum Gasteiger partial charge on any atom is 0.345 e. The van der Waals surface area contributed by atoms with Gasteiger partial charge >= 0.3 is 5.97 Å². The second kappa shape index (κ2) is 6.68. The van der Waals surface area contributed by atoms with Gasteiger partial charge in [-0.15, -0.1) is 0 Å². The summed E-state index contributed by atoms with van der Waals surface area (Å²) in [4.78, 5) is 35.8. The first kappa shape index (κ1) is 16.4.